The van der Waals surface area contributed by atoms with Crippen molar-refractivity contribution in [1.82, 2.24) is 39.1 Å². The molecule has 0 radical (unpaired) electrons. The summed E-state index contributed by atoms with van der Waals surface area (Å²) < 4.78 is 65.8. The summed E-state index contributed by atoms with van der Waals surface area (Å²) in [4.78, 5) is 73.9. The van der Waals surface area contributed by atoms with Gasteiger partial charge in [0, 0.05) is 74.7 Å². The molecule has 91 heavy (non-hydrogen) atoms. The summed E-state index contributed by atoms with van der Waals surface area (Å²) in [5.74, 6) is -0.773. The smallest absolute Gasteiger partial charge is 0.351 e. The molecule has 8 aromatic rings. The molecule has 5 aromatic carbocycles. The van der Waals surface area contributed by atoms with Crippen molar-refractivity contribution in [3.05, 3.63) is 203 Å². The number of rotatable bonds is 26. The first-order valence-corrected chi connectivity index (χ1v) is 31.7. The van der Waals surface area contributed by atoms with Crippen LogP contribution in [0, 0.1) is 17.2 Å². The molecule has 3 amide bonds. The predicted octanol–water partition coefficient (Wildman–Crippen LogP) is 9.24. The van der Waals surface area contributed by atoms with Gasteiger partial charge in [0.05, 0.1) is 51.5 Å². The first-order chi connectivity index (χ1) is 44.1. The number of aromatic nitrogens is 6. The van der Waals surface area contributed by atoms with E-state index in [2.05, 4.69) is 42.0 Å². The molecule has 474 valence electrons. The third-order valence-electron chi connectivity index (χ3n) is 16.9. The van der Waals surface area contributed by atoms with Gasteiger partial charge in [-0.2, -0.15) is 10.2 Å². The highest BCUT2D eigenvalue weighted by Crippen LogP contribution is 2.61. The van der Waals surface area contributed by atoms with Crippen LogP contribution in [0.15, 0.2) is 169 Å². The van der Waals surface area contributed by atoms with E-state index in [0.29, 0.717) is 28.3 Å². The zero-order chi connectivity index (χ0) is 64.4. The molecule has 0 spiro atoms. The third kappa shape index (κ3) is 13.4. The lowest BCUT2D eigenvalue weighted by atomic mass is 9.79. The van der Waals surface area contributed by atoms with E-state index in [0.717, 1.165) is 16.7 Å². The van der Waals surface area contributed by atoms with E-state index < -0.39 is 85.1 Å². The van der Waals surface area contributed by atoms with Crippen LogP contribution in [0.5, 0.6) is 11.5 Å². The predicted molar refractivity (Wildman–Crippen MR) is 340 cm³/mol. The largest absolute Gasteiger partial charge is 0.497 e. The standard InChI is InChI=1S/C67H74N11O12P/c1-42(2)91(83,43(3)4)78(35-18-34-68)57-52(89-65(59(57)87-8)77-41-72-56-60(70-40-71-61(56)77)75-63(81)45-21-14-10-15-22-45)38-69-55(79)37-51-53(90-64(58(51)86-7)76-36-33-54(74-66(76)82)73-62(80)44-19-12-9-13-20-44)39-88-67(46-23-16-11-17-24-46,47-25-29-49(84-5)30-26-47)48-27-31-50(85-6)32-28-48/h9-17,19-33,36,40-43,51-53,57-59,64-65H,18,35,37-39H2,1-8H3,(H,69,79)(H,70,71,75,81)(H,73,74,80,82)/t51-,52-,53-,57-,58-,59-,64-,65-/m1/s1. The van der Waals surface area contributed by atoms with Gasteiger partial charge in [0.2, 0.25) is 5.91 Å². The van der Waals surface area contributed by atoms with Crippen molar-refractivity contribution < 1.29 is 52.1 Å². The Labute approximate surface area is 527 Å². The average molecular weight is 1260 g/mol. The molecule has 3 aromatic heterocycles. The zero-order valence-corrected chi connectivity index (χ0v) is 52.7. The molecule has 0 saturated carbocycles. The summed E-state index contributed by atoms with van der Waals surface area (Å²) >= 11 is 0. The van der Waals surface area contributed by atoms with E-state index in [9.17, 15) is 19.6 Å². The molecule has 2 fully saturated rings. The topological polar surface area (TPSA) is 274 Å². The SMILES string of the molecule is COc1ccc(C(OC[C@H]2O[C@@H](n3ccc(NC(=O)c4ccccc4)nc3=O)[C@H](OC)[C@@H]2CC(=O)NC[C@H]2O[C@@H](n3cnc4c(NC(=O)c5ccccc5)ncnc43)[C@H](OC)[C@@H]2N(CCC#N)P(=O)(C(C)C)C(C)C)(c2ccccc2)c2ccc(OC)cc2)cc1. The Morgan fingerprint density at radius 1 is 0.692 bits per heavy atom. The third-order valence-corrected chi connectivity index (χ3v) is 21.1. The van der Waals surface area contributed by atoms with Crippen LogP contribution in [0.3, 0.4) is 0 Å². The van der Waals surface area contributed by atoms with E-state index in [1.807, 2.05) is 111 Å². The summed E-state index contributed by atoms with van der Waals surface area (Å²) in [7, 11) is 2.76. The van der Waals surface area contributed by atoms with Gasteiger partial charge in [-0.1, -0.05) is 119 Å². The highest BCUT2D eigenvalue weighted by molar-refractivity contribution is 7.62. The lowest BCUT2D eigenvalue weighted by Gasteiger charge is -2.43. The van der Waals surface area contributed by atoms with Crippen molar-refractivity contribution in [3.63, 3.8) is 0 Å². The molecule has 0 aliphatic carbocycles. The first-order valence-electron chi connectivity index (χ1n) is 29.9. The molecule has 24 heteroatoms. The van der Waals surface area contributed by atoms with E-state index in [1.54, 1.807) is 79.5 Å². The molecule has 2 aliphatic heterocycles. The summed E-state index contributed by atoms with van der Waals surface area (Å²) in [6.07, 6.45) is -1.97. The number of fused-ring (bicyclic) bond motifs is 1. The van der Waals surface area contributed by atoms with Gasteiger partial charge in [-0.15, -0.1) is 0 Å². The number of amides is 3. The molecule has 0 unspecified atom stereocenters. The number of imidazole rings is 1. The maximum Gasteiger partial charge on any atom is 0.351 e. The fraction of sp³-hybridized carbons (Fsp3) is 0.358. The Morgan fingerprint density at radius 3 is 1.79 bits per heavy atom. The number of anilines is 2. The molecular formula is C67H74N11O12P. The monoisotopic (exact) mass is 1260 g/mol. The molecule has 2 saturated heterocycles. The molecule has 3 N–H and O–H groups in total. The van der Waals surface area contributed by atoms with E-state index >= 15 is 9.36 Å². The molecule has 8 atom stereocenters. The molecule has 10 rings (SSSR count). The molecule has 0 bridgehead atoms. The number of hydrogen-bond acceptors (Lipinski definition) is 17. The maximum atomic E-state index is 15.8. The second kappa shape index (κ2) is 28.9. The van der Waals surface area contributed by atoms with Crippen LogP contribution >= 0.6 is 7.29 Å². The van der Waals surface area contributed by atoms with Gasteiger partial charge in [-0.3, -0.25) is 23.5 Å². The molecule has 23 nitrogen and oxygen atoms in total. The maximum absolute atomic E-state index is 15.8. The Balaban J connectivity index is 1.01. The number of carbonyl (C=O) groups is 3. The molecular weight excluding hydrogens is 1180 g/mol. The number of methoxy groups -OCH3 is 4. The first kappa shape index (κ1) is 65.0. The minimum atomic E-state index is -3.40. The highest BCUT2D eigenvalue weighted by Gasteiger charge is 2.55. The number of carbonyl (C=O) groups excluding carboxylic acids is 3. The van der Waals surface area contributed by atoms with Gasteiger partial charge in [0.15, 0.2) is 36.7 Å². The van der Waals surface area contributed by atoms with Crippen LogP contribution in [-0.2, 0) is 38.6 Å². The van der Waals surface area contributed by atoms with Crippen molar-refractivity contribution in [2.45, 2.75) is 100 Å². The van der Waals surface area contributed by atoms with E-state index in [1.165, 1.54) is 43.7 Å². The van der Waals surface area contributed by atoms with Crippen molar-refractivity contribution in [3.8, 4) is 17.6 Å². The van der Waals surface area contributed by atoms with Gasteiger partial charge in [-0.05, 0) is 71.3 Å². The number of hydrogen-bond donors (Lipinski definition) is 3. The number of benzene rings is 5. The van der Waals surface area contributed by atoms with Crippen LogP contribution in [-0.4, -0.2) is 141 Å². The van der Waals surface area contributed by atoms with Crippen LogP contribution in [0.25, 0.3) is 11.2 Å². The van der Waals surface area contributed by atoms with E-state index in [4.69, 9.17) is 33.2 Å². The van der Waals surface area contributed by atoms with Crippen molar-refractivity contribution in [2.24, 2.45) is 5.92 Å². The summed E-state index contributed by atoms with van der Waals surface area (Å²) in [6.45, 7) is 7.32. The summed E-state index contributed by atoms with van der Waals surface area (Å²) in [6, 6.07) is 44.8. The molecule has 2 aliphatic rings. The van der Waals surface area contributed by atoms with Crippen molar-refractivity contribution in [2.75, 3.05) is 58.8 Å². The van der Waals surface area contributed by atoms with Gasteiger partial charge < -0.3 is 53.7 Å². The Morgan fingerprint density at radius 2 is 1.24 bits per heavy atom. The minimum absolute atomic E-state index is 0.00537. The zero-order valence-electron chi connectivity index (χ0n) is 51.8. The van der Waals surface area contributed by atoms with Crippen LogP contribution < -0.4 is 31.1 Å². The number of nitrogens with zero attached hydrogens (tertiary/aromatic N) is 8. The quantitative estimate of drug-likeness (QED) is 0.0336. The minimum Gasteiger partial charge on any atom is -0.497 e. The fourth-order valence-electron chi connectivity index (χ4n) is 12.4. The highest BCUT2D eigenvalue weighted by atomic mass is 31.2. The second-order valence-electron chi connectivity index (χ2n) is 22.6. The van der Waals surface area contributed by atoms with E-state index in [-0.39, 0.29) is 61.0 Å². The lowest BCUT2D eigenvalue weighted by Crippen LogP contribution is -2.52. The van der Waals surface area contributed by atoms with Gasteiger partial charge in [0.1, 0.15) is 41.5 Å². The van der Waals surface area contributed by atoms with Crippen LogP contribution in [0.1, 0.15) is 90.4 Å². The summed E-state index contributed by atoms with van der Waals surface area (Å²) in [5, 5.41) is 18.8. The number of nitrogens with one attached hydrogen (secondary N) is 3. The van der Waals surface area contributed by atoms with Gasteiger partial charge >= 0.3 is 5.69 Å². The van der Waals surface area contributed by atoms with Crippen molar-refractivity contribution in [1.29, 1.82) is 5.26 Å². The van der Waals surface area contributed by atoms with Crippen molar-refractivity contribution >= 4 is 47.8 Å². The normalized spacial score (nSPS) is 20.0. The Bertz CT molecular complexity index is 3890. The second-order valence-corrected chi connectivity index (χ2v) is 26.6. The van der Waals surface area contributed by atoms with Crippen LogP contribution in [0.4, 0.5) is 11.6 Å². The number of ether oxygens (including phenoxy) is 7. The Hall–Kier alpha value is -8.98. The van der Waals surface area contributed by atoms with Gasteiger partial charge in [-0.25, -0.2) is 24.4 Å². The fourth-order valence-corrected chi connectivity index (χ4v) is 15.9. The number of nitriles is 1. The Kier molecular flexibility index (Phi) is 20.6. The molecule has 5 heterocycles. The average Bonchev–Trinajstić information content (AvgIpc) is 0.931. The van der Waals surface area contributed by atoms with Gasteiger partial charge in [0.25, 0.3) is 11.8 Å². The lowest BCUT2D eigenvalue weighted by molar-refractivity contribution is -0.125. The van der Waals surface area contributed by atoms with Crippen LogP contribution in [0.2, 0.25) is 0 Å². The summed E-state index contributed by atoms with van der Waals surface area (Å²) in [5.41, 5.74) is 0.707.